The number of rotatable bonds is 4. The Hall–Kier alpha value is -1.67. The van der Waals surface area contributed by atoms with Gasteiger partial charge in [0.1, 0.15) is 18.0 Å². The summed E-state index contributed by atoms with van der Waals surface area (Å²) in [7, 11) is 0. The monoisotopic (exact) mass is 327 g/mol. The second-order valence-corrected chi connectivity index (χ2v) is 6.70. The van der Waals surface area contributed by atoms with Gasteiger partial charge in [0.2, 0.25) is 11.2 Å². The Kier molecular flexibility index (Phi) is 4.30. The van der Waals surface area contributed by atoms with E-state index in [9.17, 15) is 18.5 Å². The topological polar surface area (TPSA) is 72.9 Å². The van der Waals surface area contributed by atoms with Gasteiger partial charge < -0.3 is 10.0 Å². The van der Waals surface area contributed by atoms with Crippen molar-refractivity contribution in [2.45, 2.75) is 19.3 Å². The van der Waals surface area contributed by atoms with E-state index in [0.717, 1.165) is 23.9 Å². The Morgan fingerprint density at radius 3 is 2.64 bits per heavy atom. The first-order valence-electron chi connectivity index (χ1n) is 7.27. The third-order valence-corrected chi connectivity index (χ3v) is 5.07. The summed E-state index contributed by atoms with van der Waals surface area (Å²) >= 11 is -1.85. The largest absolute Gasteiger partial charge is 0.506 e. The highest BCUT2D eigenvalue weighted by atomic mass is 32.2. The van der Waals surface area contributed by atoms with Crippen molar-refractivity contribution < 1.29 is 18.5 Å². The van der Waals surface area contributed by atoms with Crippen LogP contribution in [0.15, 0.2) is 12.1 Å². The van der Waals surface area contributed by atoms with E-state index in [2.05, 4.69) is 9.62 Å². The van der Waals surface area contributed by atoms with Crippen molar-refractivity contribution in [1.29, 1.82) is 0 Å². The lowest BCUT2D eigenvalue weighted by Crippen LogP contribution is -2.24. The third-order valence-electron chi connectivity index (χ3n) is 3.96. The number of nitrogens with one attached hydrogen (secondary N) is 1. The van der Waals surface area contributed by atoms with E-state index in [1.807, 2.05) is 0 Å². The molecule has 1 atom stereocenters. The SMILES string of the molecule is O=C1CN(c2c(O)cc(CCN3CCCC3)cc2F)S(=O)N1. The molecule has 6 nitrogen and oxygen atoms in total. The molecule has 1 unspecified atom stereocenters. The average molecular weight is 327 g/mol. The summed E-state index contributed by atoms with van der Waals surface area (Å²) in [4.78, 5) is 13.5. The lowest BCUT2D eigenvalue weighted by atomic mass is 10.1. The molecule has 1 amide bonds. The number of halogens is 1. The van der Waals surface area contributed by atoms with Crippen LogP contribution in [0.2, 0.25) is 0 Å². The smallest absolute Gasteiger partial charge is 0.253 e. The number of phenols is 1. The number of carbonyl (C=O) groups excluding carboxylic acids is 1. The summed E-state index contributed by atoms with van der Waals surface area (Å²) in [6.45, 7) is 2.72. The van der Waals surface area contributed by atoms with E-state index in [1.165, 1.54) is 25.0 Å². The van der Waals surface area contributed by atoms with E-state index in [1.54, 1.807) is 0 Å². The second-order valence-electron chi connectivity index (χ2n) is 5.56. The molecule has 2 saturated heterocycles. The number of anilines is 1. The number of hydrogen-bond acceptors (Lipinski definition) is 4. The minimum Gasteiger partial charge on any atom is -0.506 e. The molecule has 2 heterocycles. The van der Waals surface area contributed by atoms with Crippen molar-refractivity contribution in [3.63, 3.8) is 0 Å². The lowest BCUT2D eigenvalue weighted by molar-refractivity contribution is -0.117. The van der Waals surface area contributed by atoms with Crippen molar-refractivity contribution in [2.24, 2.45) is 0 Å². The predicted octanol–water partition coefficient (Wildman–Crippen LogP) is 0.684. The highest BCUT2D eigenvalue weighted by Gasteiger charge is 2.31. The fourth-order valence-corrected chi connectivity index (χ4v) is 3.81. The van der Waals surface area contributed by atoms with Gasteiger partial charge in [-0.3, -0.25) is 13.8 Å². The molecule has 0 saturated carbocycles. The van der Waals surface area contributed by atoms with Gasteiger partial charge in [-0.05, 0) is 50.0 Å². The maximum atomic E-state index is 14.3. The molecule has 0 bridgehead atoms. The first kappa shape index (κ1) is 15.2. The summed E-state index contributed by atoms with van der Waals surface area (Å²) in [5.74, 6) is -1.42. The molecule has 3 rings (SSSR count). The van der Waals surface area contributed by atoms with Crippen LogP contribution in [-0.4, -0.2) is 46.3 Å². The van der Waals surface area contributed by atoms with E-state index in [4.69, 9.17) is 0 Å². The number of amides is 1. The molecule has 0 aliphatic carbocycles. The molecule has 120 valence electrons. The molecule has 2 fully saturated rings. The van der Waals surface area contributed by atoms with Crippen LogP contribution in [0, 0.1) is 5.82 Å². The minimum atomic E-state index is -1.85. The summed E-state index contributed by atoms with van der Waals surface area (Å²) in [5, 5.41) is 10.1. The van der Waals surface area contributed by atoms with Crippen LogP contribution >= 0.6 is 0 Å². The Bertz CT molecular complexity index is 596. The zero-order valence-corrected chi connectivity index (χ0v) is 12.9. The van der Waals surface area contributed by atoms with Gasteiger partial charge in [0.25, 0.3) is 5.91 Å². The molecule has 0 aromatic heterocycles. The Labute approximate surface area is 130 Å². The van der Waals surface area contributed by atoms with Gasteiger partial charge in [-0.2, -0.15) is 0 Å². The standard InChI is InChI=1S/C14H18FN3O3S/c15-11-7-10(3-6-17-4-1-2-5-17)8-12(19)14(11)18-9-13(20)16-22(18)21/h7-8,19H,1-6,9H2,(H,16,20). The molecule has 0 spiro atoms. The Morgan fingerprint density at radius 1 is 1.32 bits per heavy atom. The molecule has 2 aliphatic heterocycles. The van der Waals surface area contributed by atoms with Gasteiger partial charge in [0.05, 0.1) is 0 Å². The number of phenolic OH excluding ortho intramolecular Hbond substituents is 1. The molecule has 2 aliphatic rings. The summed E-state index contributed by atoms with van der Waals surface area (Å²) in [5.41, 5.74) is 0.497. The van der Waals surface area contributed by atoms with E-state index < -0.39 is 22.9 Å². The molecule has 22 heavy (non-hydrogen) atoms. The minimum absolute atomic E-state index is 0.193. The first-order chi connectivity index (χ1) is 10.5. The highest BCUT2D eigenvalue weighted by molar-refractivity contribution is 7.85. The normalized spacial score (nSPS) is 22.3. The van der Waals surface area contributed by atoms with Gasteiger partial charge in [0.15, 0.2) is 5.82 Å². The predicted molar refractivity (Wildman–Crippen MR) is 81.1 cm³/mol. The molecule has 1 aromatic carbocycles. The van der Waals surface area contributed by atoms with Gasteiger partial charge in [-0.25, -0.2) is 8.60 Å². The Morgan fingerprint density at radius 2 is 2.05 bits per heavy atom. The van der Waals surface area contributed by atoms with Crippen LogP contribution in [0.25, 0.3) is 0 Å². The van der Waals surface area contributed by atoms with Crippen LogP contribution < -0.4 is 9.03 Å². The number of carbonyl (C=O) groups is 1. The number of benzene rings is 1. The van der Waals surface area contributed by atoms with E-state index >= 15 is 0 Å². The molecular weight excluding hydrogens is 309 g/mol. The zero-order valence-electron chi connectivity index (χ0n) is 12.0. The van der Waals surface area contributed by atoms with Crippen molar-refractivity contribution in [1.82, 2.24) is 9.62 Å². The van der Waals surface area contributed by atoms with Crippen LogP contribution in [0.4, 0.5) is 10.1 Å². The summed E-state index contributed by atoms with van der Waals surface area (Å²) in [6, 6.07) is 2.82. The summed E-state index contributed by atoms with van der Waals surface area (Å²) in [6.07, 6.45) is 3.03. The van der Waals surface area contributed by atoms with Gasteiger partial charge in [0, 0.05) is 6.54 Å². The van der Waals surface area contributed by atoms with Gasteiger partial charge in [-0.1, -0.05) is 0 Å². The lowest BCUT2D eigenvalue weighted by Gasteiger charge is -2.18. The van der Waals surface area contributed by atoms with Crippen LogP contribution in [0.5, 0.6) is 5.75 Å². The average Bonchev–Trinajstić information content (AvgIpc) is 3.06. The molecule has 2 N–H and O–H groups in total. The molecule has 1 aromatic rings. The third kappa shape index (κ3) is 3.07. The molecule has 8 heteroatoms. The molecule has 0 radical (unpaired) electrons. The van der Waals surface area contributed by atoms with Gasteiger partial charge >= 0.3 is 0 Å². The Balaban J connectivity index is 1.76. The number of hydrogen-bond donors (Lipinski definition) is 2. The van der Waals surface area contributed by atoms with E-state index in [0.29, 0.717) is 12.0 Å². The number of nitrogens with zero attached hydrogens (tertiary/aromatic N) is 2. The van der Waals surface area contributed by atoms with Crippen LogP contribution in [0.3, 0.4) is 0 Å². The fourth-order valence-electron chi connectivity index (χ4n) is 2.86. The van der Waals surface area contributed by atoms with Crippen LogP contribution in [-0.2, 0) is 22.4 Å². The first-order valence-corrected chi connectivity index (χ1v) is 8.38. The van der Waals surface area contributed by atoms with Crippen molar-refractivity contribution in [2.75, 3.05) is 30.5 Å². The van der Waals surface area contributed by atoms with Gasteiger partial charge in [-0.15, -0.1) is 0 Å². The van der Waals surface area contributed by atoms with Crippen LogP contribution in [0.1, 0.15) is 18.4 Å². The van der Waals surface area contributed by atoms with E-state index in [-0.39, 0.29) is 18.0 Å². The summed E-state index contributed by atoms with van der Waals surface area (Å²) < 4.78 is 29.2. The fraction of sp³-hybridized carbons (Fsp3) is 0.500. The van der Waals surface area contributed by atoms with Crippen molar-refractivity contribution >= 4 is 22.8 Å². The maximum absolute atomic E-state index is 14.3. The number of likely N-dealkylation sites (tertiary alicyclic amines) is 1. The quantitative estimate of drug-likeness (QED) is 0.853. The second kappa shape index (κ2) is 6.21. The van der Waals surface area contributed by atoms with Crippen molar-refractivity contribution in [3.8, 4) is 5.75 Å². The number of aromatic hydroxyl groups is 1. The maximum Gasteiger partial charge on any atom is 0.253 e. The van der Waals surface area contributed by atoms with Crippen molar-refractivity contribution in [3.05, 3.63) is 23.5 Å². The molecular formula is C14H18FN3O3S. The highest BCUT2D eigenvalue weighted by Crippen LogP contribution is 2.33. The zero-order chi connectivity index (χ0) is 15.7.